The Morgan fingerprint density at radius 3 is 1.92 bits per heavy atom. The Labute approximate surface area is 218 Å². The number of nitrogens with one attached hydrogen (secondary N) is 1. The topological polar surface area (TPSA) is 225 Å². The summed E-state index contributed by atoms with van der Waals surface area (Å²) in [5, 5.41) is 18.6. The first-order chi connectivity index (χ1) is 17.6. The van der Waals surface area contributed by atoms with Gasteiger partial charge >= 0.3 is 11.9 Å². The average molecular weight is 520 g/mol. The van der Waals surface area contributed by atoms with E-state index in [-0.39, 0.29) is 12.5 Å². The molecule has 1 amide bonds. The first-order valence-electron chi connectivity index (χ1n) is 11.8. The number of carboxylic acid groups (broad SMARTS) is 2. The van der Waals surface area contributed by atoms with Crippen LogP contribution in [0.25, 0.3) is 0 Å². The maximum absolute atomic E-state index is 11.2. The molecule has 0 fully saturated rings. The van der Waals surface area contributed by atoms with Crippen LogP contribution in [-0.2, 0) is 20.8 Å². The summed E-state index contributed by atoms with van der Waals surface area (Å²) < 4.78 is 0. The number of anilines is 1. The van der Waals surface area contributed by atoms with E-state index in [0.29, 0.717) is 31.4 Å². The van der Waals surface area contributed by atoms with Gasteiger partial charge in [0.1, 0.15) is 12.3 Å². The predicted molar refractivity (Wildman–Crippen MR) is 145 cm³/mol. The van der Waals surface area contributed by atoms with Crippen LogP contribution in [0.3, 0.4) is 0 Å². The number of carboxylic acids is 2. The molecule has 2 rings (SSSR count). The van der Waals surface area contributed by atoms with Gasteiger partial charge in [0.2, 0.25) is 5.91 Å². The summed E-state index contributed by atoms with van der Waals surface area (Å²) >= 11 is 0. The fourth-order valence-electron chi connectivity index (χ4n) is 2.37. The minimum Gasteiger partial charge on any atom is -0.480 e. The highest BCUT2D eigenvalue weighted by Gasteiger charge is 2.08. The van der Waals surface area contributed by atoms with Gasteiger partial charge in [-0.05, 0) is 68.6 Å². The molecular formula is C26H41N5O6. The van der Waals surface area contributed by atoms with Gasteiger partial charge in [-0.25, -0.2) is 0 Å². The molecule has 11 heteroatoms. The van der Waals surface area contributed by atoms with Gasteiger partial charge in [0.15, 0.2) is 0 Å². The van der Waals surface area contributed by atoms with Gasteiger partial charge in [0, 0.05) is 17.7 Å². The smallest absolute Gasteiger partial charge is 0.320 e. The van der Waals surface area contributed by atoms with E-state index in [1.807, 2.05) is 25.1 Å². The van der Waals surface area contributed by atoms with Gasteiger partial charge in [-0.3, -0.25) is 19.2 Å². The standard InChI is InChI=1S/C11H13NO2.C8H11N.C5H12N2O2.C2H5NO2/c1-2-3-11(14)12-10-6-4-9(8-13)5-7-10;9-7-6-8-4-2-1-3-5-8;6-3-1-2-4(7)5(8)9;3-1-2(4)5/h4-8H,2-3H2,1H3,(H,12,14);1-5H,6-7,9H2;4H,1-3,6-7H2,(H,8,9);1,3H2,(H,4,5)/t;;4-;/m..0./s1. The van der Waals surface area contributed by atoms with Crippen molar-refractivity contribution in [2.75, 3.05) is 25.0 Å². The second-order valence-corrected chi connectivity index (χ2v) is 7.54. The zero-order valence-corrected chi connectivity index (χ0v) is 21.3. The molecule has 0 saturated heterocycles. The lowest BCUT2D eigenvalue weighted by Crippen LogP contribution is -2.30. The Balaban J connectivity index is 0. The van der Waals surface area contributed by atoms with Crippen LogP contribution in [0.1, 0.15) is 48.5 Å². The summed E-state index contributed by atoms with van der Waals surface area (Å²) in [4.78, 5) is 40.8. The van der Waals surface area contributed by atoms with Crippen LogP contribution in [0.2, 0.25) is 0 Å². The second-order valence-electron chi connectivity index (χ2n) is 7.54. The number of aldehydes is 1. The molecule has 0 spiro atoms. The maximum Gasteiger partial charge on any atom is 0.320 e. The van der Waals surface area contributed by atoms with Crippen LogP contribution in [0, 0.1) is 0 Å². The molecule has 0 aliphatic rings. The van der Waals surface area contributed by atoms with E-state index in [4.69, 9.17) is 27.4 Å². The number of benzene rings is 2. The molecule has 11 N–H and O–H groups in total. The van der Waals surface area contributed by atoms with Gasteiger partial charge in [-0.2, -0.15) is 0 Å². The minimum absolute atomic E-state index is 0.00588. The number of aliphatic carboxylic acids is 2. The third-order valence-corrected chi connectivity index (χ3v) is 4.29. The number of carbonyl (C=O) groups excluding carboxylic acids is 2. The highest BCUT2D eigenvalue weighted by Crippen LogP contribution is 2.08. The zero-order valence-electron chi connectivity index (χ0n) is 21.3. The van der Waals surface area contributed by atoms with Crippen molar-refractivity contribution < 1.29 is 29.4 Å². The van der Waals surface area contributed by atoms with Gasteiger partial charge in [0.25, 0.3) is 0 Å². The van der Waals surface area contributed by atoms with E-state index < -0.39 is 18.0 Å². The van der Waals surface area contributed by atoms with E-state index in [0.717, 1.165) is 31.4 Å². The zero-order chi connectivity index (χ0) is 28.5. The Hall–Kier alpha value is -3.64. The molecule has 0 bridgehead atoms. The van der Waals surface area contributed by atoms with Crippen molar-refractivity contribution in [1.82, 2.24) is 0 Å². The van der Waals surface area contributed by atoms with Crippen molar-refractivity contribution in [1.29, 1.82) is 0 Å². The number of carbonyl (C=O) groups is 4. The van der Waals surface area contributed by atoms with Crippen molar-refractivity contribution >= 4 is 29.8 Å². The van der Waals surface area contributed by atoms with Crippen molar-refractivity contribution in [2.24, 2.45) is 22.9 Å². The molecule has 2 aromatic rings. The van der Waals surface area contributed by atoms with E-state index >= 15 is 0 Å². The Morgan fingerprint density at radius 1 is 0.946 bits per heavy atom. The summed E-state index contributed by atoms with van der Waals surface area (Å²) in [5.41, 5.74) is 22.9. The molecule has 0 aromatic heterocycles. The van der Waals surface area contributed by atoms with Gasteiger partial charge < -0.3 is 38.5 Å². The molecular weight excluding hydrogens is 478 g/mol. The predicted octanol–water partition coefficient (Wildman–Crippen LogP) is 1.59. The van der Waals surface area contributed by atoms with Crippen molar-refractivity contribution in [3.63, 3.8) is 0 Å². The lowest BCUT2D eigenvalue weighted by atomic mass is 10.2. The van der Waals surface area contributed by atoms with Crippen LogP contribution in [-0.4, -0.2) is 60.0 Å². The monoisotopic (exact) mass is 519 g/mol. The minimum atomic E-state index is -0.968. The highest BCUT2D eigenvalue weighted by molar-refractivity contribution is 5.91. The molecule has 206 valence electrons. The number of amides is 1. The molecule has 37 heavy (non-hydrogen) atoms. The maximum atomic E-state index is 11.2. The molecule has 2 aromatic carbocycles. The number of hydrogen-bond acceptors (Lipinski definition) is 8. The molecule has 0 radical (unpaired) electrons. The Kier molecular flexibility index (Phi) is 23.1. The Morgan fingerprint density at radius 2 is 1.51 bits per heavy atom. The van der Waals surface area contributed by atoms with Crippen LogP contribution in [0.5, 0.6) is 0 Å². The molecule has 11 nitrogen and oxygen atoms in total. The molecule has 0 unspecified atom stereocenters. The van der Waals surface area contributed by atoms with Gasteiger partial charge in [0.05, 0.1) is 6.54 Å². The van der Waals surface area contributed by atoms with Crippen LogP contribution >= 0.6 is 0 Å². The Bertz CT molecular complexity index is 879. The summed E-state index contributed by atoms with van der Waals surface area (Å²) in [6, 6.07) is 16.3. The van der Waals surface area contributed by atoms with E-state index in [9.17, 15) is 19.2 Å². The molecule has 0 saturated carbocycles. The lowest BCUT2D eigenvalue weighted by Gasteiger charge is -2.03. The molecule has 0 heterocycles. The SMILES string of the molecule is CCCC(=O)Nc1ccc(C=O)cc1.NCC(=O)O.NCCC[C@H](N)C(=O)O.NCCc1ccccc1. The lowest BCUT2D eigenvalue weighted by molar-refractivity contribution is -0.138. The second kappa shape index (κ2) is 24.1. The van der Waals surface area contributed by atoms with Gasteiger partial charge in [-0.15, -0.1) is 0 Å². The summed E-state index contributed by atoms with van der Waals surface area (Å²) in [5.74, 6) is -1.92. The first kappa shape index (κ1) is 35.5. The fraction of sp³-hybridized carbons (Fsp3) is 0.385. The normalized spacial score (nSPS) is 10.1. The van der Waals surface area contributed by atoms with Crippen molar-refractivity contribution in [3.8, 4) is 0 Å². The van der Waals surface area contributed by atoms with Crippen molar-refractivity contribution in [3.05, 3.63) is 65.7 Å². The molecule has 0 aliphatic carbocycles. The van der Waals surface area contributed by atoms with Crippen LogP contribution < -0.4 is 28.3 Å². The average Bonchev–Trinajstić information content (AvgIpc) is 2.89. The van der Waals surface area contributed by atoms with E-state index in [2.05, 4.69) is 23.2 Å². The number of rotatable bonds is 11. The van der Waals surface area contributed by atoms with Crippen LogP contribution in [0.15, 0.2) is 54.6 Å². The molecule has 0 aliphatic heterocycles. The van der Waals surface area contributed by atoms with Crippen LogP contribution in [0.4, 0.5) is 5.69 Å². The summed E-state index contributed by atoms with van der Waals surface area (Å²) in [6.07, 6.45) is 4.26. The fourth-order valence-corrected chi connectivity index (χ4v) is 2.37. The largest absolute Gasteiger partial charge is 0.480 e. The summed E-state index contributed by atoms with van der Waals surface area (Å²) in [7, 11) is 0. The molecule has 1 atom stereocenters. The quantitative estimate of drug-likeness (QED) is 0.212. The third-order valence-electron chi connectivity index (χ3n) is 4.29. The van der Waals surface area contributed by atoms with Gasteiger partial charge in [-0.1, -0.05) is 37.3 Å². The van der Waals surface area contributed by atoms with Crippen molar-refractivity contribution in [2.45, 2.75) is 45.1 Å². The van der Waals surface area contributed by atoms with E-state index in [1.165, 1.54) is 5.56 Å². The third kappa shape index (κ3) is 22.6. The highest BCUT2D eigenvalue weighted by atomic mass is 16.4. The number of hydrogen-bond donors (Lipinski definition) is 7. The summed E-state index contributed by atoms with van der Waals surface area (Å²) in [6.45, 7) is 2.92. The van der Waals surface area contributed by atoms with E-state index in [1.54, 1.807) is 24.3 Å². The first-order valence-corrected chi connectivity index (χ1v) is 11.8. The number of nitrogens with two attached hydrogens (primary N) is 4.